The Labute approximate surface area is 195 Å². The van der Waals surface area contributed by atoms with Gasteiger partial charge in [0.25, 0.3) is 0 Å². The largest absolute Gasteiger partial charge is 0.491 e. The molecule has 7 nitrogen and oxygen atoms in total. The Morgan fingerprint density at radius 2 is 1.73 bits per heavy atom. The van der Waals surface area contributed by atoms with Crippen LogP contribution in [0.5, 0.6) is 5.75 Å². The average Bonchev–Trinajstić information content (AvgIpc) is 3.47. The Hall–Kier alpha value is -2.84. The standard InChI is InChI=1S/C25H31N3O4S/c1-18(2)32-22-8-6-20(7-9-22)17-26-25(29)19(3)28-15-12-21-16-23(10-11-24(21)28)33(30,31)27-13-4-5-14-27/h6-12,15-16,18-19H,4-5,13-14,17H2,1-3H3,(H,26,29)/t19-/m1/s1. The van der Waals surface area contributed by atoms with Crippen molar-refractivity contribution in [3.8, 4) is 5.75 Å². The molecule has 2 heterocycles. The molecule has 4 rings (SSSR count). The summed E-state index contributed by atoms with van der Waals surface area (Å²) in [5.74, 6) is 0.696. The predicted octanol–water partition coefficient (Wildman–Crippen LogP) is 4.09. The van der Waals surface area contributed by atoms with Gasteiger partial charge in [0.2, 0.25) is 15.9 Å². The zero-order valence-corrected chi connectivity index (χ0v) is 20.1. The number of amides is 1. The Morgan fingerprint density at radius 1 is 1.03 bits per heavy atom. The maximum absolute atomic E-state index is 12.9. The van der Waals surface area contributed by atoms with Crippen LogP contribution in [0.1, 0.15) is 45.2 Å². The van der Waals surface area contributed by atoms with Gasteiger partial charge in [0, 0.05) is 36.7 Å². The first-order chi connectivity index (χ1) is 15.8. The summed E-state index contributed by atoms with van der Waals surface area (Å²) in [5.41, 5.74) is 1.81. The van der Waals surface area contributed by atoms with Crippen molar-refractivity contribution in [1.82, 2.24) is 14.2 Å². The van der Waals surface area contributed by atoms with E-state index in [1.807, 2.05) is 61.9 Å². The maximum Gasteiger partial charge on any atom is 0.243 e. The number of carbonyl (C=O) groups is 1. The van der Waals surface area contributed by atoms with Crippen LogP contribution in [0.4, 0.5) is 0 Å². The van der Waals surface area contributed by atoms with Crippen molar-refractivity contribution in [3.63, 3.8) is 0 Å². The van der Waals surface area contributed by atoms with Gasteiger partial charge in [0.15, 0.2) is 0 Å². The number of nitrogens with zero attached hydrogens (tertiary/aromatic N) is 2. The molecule has 1 aliphatic rings. The van der Waals surface area contributed by atoms with Crippen LogP contribution >= 0.6 is 0 Å². The quantitative estimate of drug-likeness (QED) is 0.539. The highest BCUT2D eigenvalue weighted by atomic mass is 32.2. The van der Waals surface area contributed by atoms with Crippen LogP contribution < -0.4 is 10.1 Å². The molecule has 0 spiro atoms. The second kappa shape index (κ2) is 9.57. The molecular formula is C25H31N3O4S. The number of fused-ring (bicyclic) bond motifs is 1. The molecule has 0 radical (unpaired) electrons. The molecule has 33 heavy (non-hydrogen) atoms. The van der Waals surface area contributed by atoms with Crippen molar-refractivity contribution in [2.75, 3.05) is 13.1 Å². The minimum atomic E-state index is -3.47. The summed E-state index contributed by atoms with van der Waals surface area (Å²) in [7, 11) is -3.47. The van der Waals surface area contributed by atoms with Gasteiger partial charge in [-0.05, 0) is 75.6 Å². The van der Waals surface area contributed by atoms with Gasteiger partial charge in [-0.2, -0.15) is 4.31 Å². The fourth-order valence-electron chi connectivity index (χ4n) is 4.14. The lowest BCUT2D eigenvalue weighted by Crippen LogP contribution is -2.30. The van der Waals surface area contributed by atoms with Gasteiger partial charge in [-0.25, -0.2) is 8.42 Å². The first-order valence-electron chi connectivity index (χ1n) is 11.4. The van der Waals surface area contributed by atoms with Crippen LogP contribution in [0.25, 0.3) is 10.9 Å². The summed E-state index contributed by atoms with van der Waals surface area (Å²) in [6, 6.07) is 14.2. The zero-order chi connectivity index (χ0) is 23.6. The van der Waals surface area contributed by atoms with Crippen LogP contribution in [0.3, 0.4) is 0 Å². The number of nitrogens with one attached hydrogen (secondary N) is 1. The van der Waals surface area contributed by atoms with Crippen molar-refractivity contribution >= 4 is 26.8 Å². The minimum Gasteiger partial charge on any atom is -0.491 e. The summed E-state index contributed by atoms with van der Waals surface area (Å²) in [4.78, 5) is 13.1. The van der Waals surface area contributed by atoms with Crippen LogP contribution in [0.15, 0.2) is 59.6 Å². The molecule has 1 amide bonds. The van der Waals surface area contributed by atoms with Crippen molar-refractivity contribution in [2.45, 2.75) is 57.2 Å². The van der Waals surface area contributed by atoms with E-state index in [4.69, 9.17) is 4.74 Å². The third-order valence-corrected chi connectivity index (χ3v) is 7.85. The molecule has 2 aromatic carbocycles. The lowest BCUT2D eigenvalue weighted by Gasteiger charge is -2.17. The van der Waals surface area contributed by atoms with Gasteiger partial charge in [0.1, 0.15) is 11.8 Å². The first kappa shape index (κ1) is 23.3. The van der Waals surface area contributed by atoms with E-state index < -0.39 is 16.1 Å². The van der Waals surface area contributed by atoms with E-state index in [1.165, 1.54) is 0 Å². The van der Waals surface area contributed by atoms with E-state index in [9.17, 15) is 13.2 Å². The molecule has 0 bridgehead atoms. The van der Waals surface area contributed by atoms with Gasteiger partial charge >= 0.3 is 0 Å². The van der Waals surface area contributed by atoms with Crippen LogP contribution in [0, 0.1) is 0 Å². The number of rotatable bonds is 8. The maximum atomic E-state index is 12.9. The summed E-state index contributed by atoms with van der Waals surface area (Å²) >= 11 is 0. The Balaban J connectivity index is 1.44. The van der Waals surface area contributed by atoms with E-state index in [1.54, 1.807) is 22.5 Å². The third kappa shape index (κ3) is 5.07. The highest BCUT2D eigenvalue weighted by molar-refractivity contribution is 7.89. The number of carbonyl (C=O) groups excluding carboxylic acids is 1. The molecule has 1 saturated heterocycles. The molecule has 0 aliphatic carbocycles. The lowest BCUT2D eigenvalue weighted by molar-refractivity contribution is -0.123. The number of hydrogen-bond acceptors (Lipinski definition) is 4. The molecule has 1 aromatic heterocycles. The van der Waals surface area contributed by atoms with Gasteiger partial charge in [-0.3, -0.25) is 4.79 Å². The summed E-state index contributed by atoms with van der Waals surface area (Å²) in [6.45, 7) is 7.37. The van der Waals surface area contributed by atoms with Gasteiger partial charge in [0.05, 0.1) is 11.0 Å². The number of benzene rings is 2. The number of ether oxygens (including phenoxy) is 1. The highest BCUT2D eigenvalue weighted by Gasteiger charge is 2.27. The predicted molar refractivity (Wildman–Crippen MR) is 129 cm³/mol. The summed E-state index contributed by atoms with van der Waals surface area (Å²) in [5, 5.41) is 3.78. The highest BCUT2D eigenvalue weighted by Crippen LogP contribution is 2.27. The van der Waals surface area contributed by atoms with Gasteiger partial charge in [-0.15, -0.1) is 0 Å². The fourth-order valence-corrected chi connectivity index (χ4v) is 5.69. The van der Waals surface area contributed by atoms with Crippen molar-refractivity contribution in [2.24, 2.45) is 0 Å². The van der Waals surface area contributed by atoms with Crippen LogP contribution in [-0.4, -0.2) is 42.4 Å². The molecule has 0 unspecified atom stereocenters. The molecule has 176 valence electrons. The summed E-state index contributed by atoms with van der Waals surface area (Å²) in [6.07, 6.45) is 3.75. The molecule has 3 aromatic rings. The molecule has 1 N–H and O–H groups in total. The smallest absolute Gasteiger partial charge is 0.243 e. The normalized spacial score (nSPS) is 15.8. The van der Waals surface area contributed by atoms with Crippen molar-refractivity contribution in [1.29, 1.82) is 0 Å². The first-order valence-corrected chi connectivity index (χ1v) is 12.8. The number of hydrogen-bond donors (Lipinski definition) is 1. The van der Waals surface area contributed by atoms with E-state index in [2.05, 4.69) is 5.32 Å². The summed E-state index contributed by atoms with van der Waals surface area (Å²) < 4.78 is 34.8. The number of sulfonamides is 1. The van der Waals surface area contributed by atoms with E-state index in [0.717, 1.165) is 35.1 Å². The van der Waals surface area contributed by atoms with Crippen LogP contribution in [0.2, 0.25) is 0 Å². The molecule has 1 aliphatic heterocycles. The molecular weight excluding hydrogens is 438 g/mol. The SMILES string of the molecule is CC(C)Oc1ccc(CNC(=O)[C@@H](C)n2ccc3cc(S(=O)(=O)N4CCCC4)ccc32)cc1. The molecule has 1 fully saturated rings. The fraction of sp³-hybridized carbons (Fsp3) is 0.400. The van der Waals surface area contributed by atoms with Gasteiger partial charge in [-0.1, -0.05) is 12.1 Å². The van der Waals surface area contributed by atoms with E-state index in [0.29, 0.717) is 24.5 Å². The Morgan fingerprint density at radius 3 is 2.39 bits per heavy atom. The topological polar surface area (TPSA) is 80.6 Å². The van der Waals surface area contributed by atoms with Gasteiger partial charge < -0.3 is 14.6 Å². The van der Waals surface area contributed by atoms with Crippen LogP contribution in [-0.2, 0) is 21.4 Å². The third-order valence-electron chi connectivity index (χ3n) is 5.95. The lowest BCUT2D eigenvalue weighted by atomic mass is 10.2. The zero-order valence-electron chi connectivity index (χ0n) is 19.3. The minimum absolute atomic E-state index is 0.108. The molecule has 1 atom stereocenters. The van der Waals surface area contributed by atoms with Crippen molar-refractivity contribution < 1.29 is 17.9 Å². The molecule has 0 saturated carbocycles. The number of aromatic nitrogens is 1. The Kier molecular flexibility index (Phi) is 6.76. The second-order valence-corrected chi connectivity index (χ2v) is 10.7. The monoisotopic (exact) mass is 469 g/mol. The average molecular weight is 470 g/mol. The molecule has 8 heteroatoms. The Bertz CT molecular complexity index is 1230. The van der Waals surface area contributed by atoms with E-state index >= 15 is 0 Å². The van der Waals surface area contributed by atoms with Crippen molar-refractivity contribution in [3.05, 3.63) is 60.3 Å². The van der Waals surface area contributed by atoms with E-state index in [-0.39, 0.29) is 12.0 Å². The second-order valence-electron chi connectivity index (χ2n) is 8.76.